The minimum absolute atomic E-state index is 0.0402. The smallest absolute Gasteiger partial charge is 0.410 e. The van der Waals surface area contributed by atoms with Crippen molar-refractivity contribution in [2.45, 2.75) is 71.6 Å². The molecule has 1 aliphatic rings. The lowest BCUT2D eigenvalue weighted by Crippen LogP contribution is -2.51. The average Bonchev–Trinajstić information content (AvgIpc) is 2.34. The van der Waals surface area contributed by atoms with Crippen LogP contribution in [0.15, 0.2) is 0 Å². The third-order valence-corrected chi connectivity index (χ3v) is 3.08. The molecule has 1 atom stereocenters. The van der Waals surface area contributed by atoms with Gasteiger partial charge in [0.15, 0.2) is 0 Å². The quantitative estimate of drug-likeness (QED) is 0.575. The van der Waals surface area contributed by atoms with E-state index in [9.17, 15) is 14.4 Å². The van der Waals surface area contributed by atoms with Crippen LogP contribution in [0, 0.1) is 0 Å². The molecule has 0 aromatic rings. The molecule has 0 aromatic carbocycles. The zero-order valence-electron chi connectivity index (χ0n) is 15.5. The molecule has 1 heterocycles. The lowest BCUT2D eigenvalue weighted by atomic mass is 10.1. The molecule has 1 aliphatic heterocycles. The number of Topliss-reactive ketones (excluding diaryl/α,β-unsaturated/α-hetero) is 1. The van der Waals surface area contributed by atoms with E-state index in [1.165, 1.54) is 4.90 Å². The van der Waals surface area contributed by atoms with Gasteiger partial charge in [0.1, 0.15) is 23.4 Å². The molecule has 0 saturated carbocycles. The first-order chi connectivity index (χ1) is 10.9. The first kappa shape index (κ1) is 20.4. The highest BCUT2D eigenvalue weighted by Crippen LogP contribution is 2.18. The summed E-state index contributed by atoms with van der Waals surface area (Å²) in [6.07, 6.45) is -0.741. The Morgan fingerprint density at radius 3 is 2.17 bits per heavy atom. The van der Waals surface area contributed by atoms with E-state index in [2.05, 4.69) is 0 Å². The number of carbonyl (C=O) groups excluding carboxylic acids is 3. The molecular formula is C17H29NO6. The van der Waals surface area contributed by atoms with Crippen molar-refractivity contribution >= 4 is 17.8 Å². The number of esters is 1. The van der Waals surface area contributed by atoms with Crippen LogP contribution < -0.4 is 0 Å². The van der Waals surface area contributed by atoms with Gasteiger partial charge in [-0.25, -0.2) is 4.79 Å². The third-order valence-electron chi connectivity index (χ3n) is 3.08. The van der Waals surface area contributed by atoms with E-state index in [1.807, 2.05) is 0 Å². The second kappa shape index (κ2) is 7.96. The van der Waals surface area contributed by atoms with Crippen molar-refractivity contribution in [1.82, 2.24) is 4.90 Å². The molecular weight excluding hydrogens is 314 g/mol. The summed E-state index contributed by atoms with van der Waals surface area (Å²) in [7, 11) is 0. The molecule has 1 rings (SSSR count). The standard InChI is InChI=1S/C17H29NO6/c1-16(2,3)23-14(20)10-13(19)9-12-11-22-8-7-18(12)15(21)24-17(4,5)6/h12H,7-11H2,1-6H3. The Labute approximate surface area is 143 Å². The summed E-state index contributed by atoms with van der Waals surface area (Å²) in [6, 6.07) is -0.427. The van der Waals surface area contributed by atoms with Gasteiger partial charge in [0.05, 0.1) is 19.3 Å². The zero-order chi connectivity index (χ0) is 18.5. The van der Waals surface area contributed by atoms with Crippen molar-refractivity contribution in [2.24, 2.45) is 0 Å². The lowest BCUT2D eigenvalue weighted by molar-refractivity contribution is -0.156. The number of ether oxygens (including phenoxy) is 3. The van der Waals surface area contributed by atoms with Gasteiger partial charge >= 0.3 is 12.1 Å². The van der Waals surface area contributed by atoms with Crippen LogP contribution in [0.1, 0.15) is 54.4 Å². The Balaban J connectivity index is 2.61. The largest absolute Gasteiger partial charge is 0.460 e. The highest BCUT2D eigenvalue weighted by molar-refractivity contribution is 5.96. The Bertz CT molecular complexity index is 474. The van der Waals surface area contributed by atoms with E-state index in [4.69, 9.17) is 14.2 Å². The molecule has 24 heavy (non-hydrogen) atoms. The van der Waals surface area contributed by atoms with Gasteiger partial charge in [-0.15, -0.1) is 0 Å². The number of morpholine rings is 1. The number of carbonyl (C=O) groups is 3. The molecule has 0 aromatic heterocycles. The monoisotopic (exact) mass is 343 g/mol. The average molecular weight is 343 g/mol. The van der Waals surface area contributed by atoms with Gasteiger partial charge in [0, 0.05) is 13.0 Å². The van der Waals surface area contributed by atoms with Crippen LogP contribution in [-0.2, 0) is 23.8 Å². The zero-order valence-corrected chi connectivity index (χ0v) is 15.5. The molecule has 0 aliphatic carbocycles. The highest BCUT2D eigenvalue weighted by atomic mass is 16.6. The molecule has 0 radical (unpaired) electrons. The van der Waals surface area contributed by atoms with E-state index >= 15 is 0 Å². The van der Waals surface area contributed by atoms with Gasteiger partial charge in [-0.2, -0.15) is 0 Å². The normalized spacial score (nSPS) is 18.9. The molecule has 1 amide bonds. The summed E-state index contributed by atoms with van der Waals surface area (Å²) in [5.41, 5.74) is -1.24. The predicted octanol–water partition coefficient (Wildman–Crippen LogP) is 2.31. The number of hydrogen-bond acceptors (Lipinski definition) is 6. The number of amides is 1. The molecule has 1 fully saturated rings. The Morgan fingerprint density at radius 1 is 1.04 bits per heavy atom. The maximum atomic E-state index is 12.3. The van der Waals surface area contributed by atoms with Crippen LogP contribution >= 0.6 is 0 Å². The van der Waals surface area contributed by atoms with E-state index in [-0.39, 0.29) is 25.2 Å². The highest BCUT2D eigenvalue weighted by Gasteiger charge is 2.33. The van der Waals surface area contributed by atoms with Gasteiger partial charge in [-0.3, -0.25) is 9.59 Å². The molecule has 0 N–H and O–H groups in total. The SMILES string of the molecule is CC(C)(C)OC(=O)CC(=O)CC1COCCN1C(=O)OC(C)(C)C. The second-order valence-electron chi connectivity index (χ2n) is 7.91. The fraction of sp³-hybridized carbons (Fsp3) is 0.824. The molecule has 1 saturated heterocycles. The van der Waals surface area contributed by atoms with Crippen molar-refractivity contribution in [3.8, 4) is 0 Å². The summed E-state index contributed by atoms with van der Waals surface area (Å²) in [4.78, 5) is 37.6. The van der Waals surface area contributed by atoms with Gasteiger partial charge in [0.2, 0.25) is 0 Å². The van der Waals surface area contributed by atoms with E-state index < -0.39 is 29.3 Å². The van der Waals surface area contributed by atoms with Crippen molar-refractivity contribution in [2.75, 3.05) is 19.8 Å². The molecule has 138 valence electrons. The van der Waals surface area contributed by atoms with Gasteiger partial charge < -0.3 is 19.1 Å². The van der Waals surface area contributed by atoms with Crippen LogP contribution in [0.3, 0.4) is 0 Å². The summed E-state index contributed by atoms with van der Waals surface area (Å²) in [5, 5.41) is 0. The van der Waals surface area contributed by atoms with Gasteiger partial charge in [0.25, 0.3) is 0 Å². The summed E-state index contributed by atoms with van der Waals surface area (Å²) in [6.45, 7) is 11.6. The van der Waals surface area contributed by atoms with Gasteiger partial charge in [-0.1, -0.05) is 0 Å². The van der Waals surface area contributed by atoms with E-state index in [0.29, 0.717) is 13.2 Å². The first-order valence-corrected chi connectivity index (χ1v) is 8.18. The number of nitrogens with zero attached hydrogens (tertiary/aromatic N) is 1. The predicted molar refractivity (Wildman–Crippen MR) is 87.6 cm³/mol. The van der Waals surface area contributed by atoms with Crippen molar-refractivity contribution < 1.29 is 28.6 Å². The second-order valence-corrected chi connectivity index (χ2v) is 7.91. The van der Waals surface area contributed by atoms with Crippen LogP contribution in [0.25, 0.3) is 0 Å². The molecule has 7 nitrogen and oxygen atoms in total. The fourth-order valence-corrected chi connectivity index (χ4v) is 2.26. The Hall–Kier alpha value is -1.63. The van der Waals surface area contributed by atoms with Crippen LogP contribution in [0.2, 0.25) is 0 Å². The van der Waals surface area contributed by atoms with Crippen molar-refractivity contribution in [3.05, 3.63) is 0 Å². The summed E-state index contributed by atoms with van der Waals surface area (Å²) < 4.78 is 15.9. The minimum Gasteiger partial charge on any atom is -0.460 e. The van der Waals surface area contributed by atoms with Gasteiger partial charge in [-0.05, 0) is 41.5 Å². The topological polar surface area (TPSA) is 82.1 Å². The fourth-order valence-electron chi connectivity index (χ4n) is 2.26. The molecule has 1 unspecified atom stereocenters. The van der Waals surface area contributed by atoms with Crippen molar-refractivity contribution in [1.29, 1.82) is 0 Å². The van der Waals surface area contributed by atoms with Crippen LogP contribution in [0.4, 0.5) is 4.79 Å². The van der Waals surface area contributed by atoms with E-state index in [0.717, 1.165) is 0 Å². The maximum absolute atomic E-state index is 12.3. The molecule has 0 bridgehead atoms. The number of ketones is 1. The maximum Gasteiger partial charge on any atom is 0.410 e. The number of rotatable bonds is 4. The minimum atomic E-state index is -0.631. The van der Waals surface area contributed by atoms with Crippen LogP contribution in [0.5, 0.6) is 0 Å². The summed E-state index contributed by atoms with van der Waals surface area (Å²) >= 11 is 0. The van der Waals surface area contributed by atoms with Crippen molar-refractivity contribution in [3.63, 3.8) is 0 Å². The van der Waals surface area contributed by atoms with E-state index in [1.54, 1.807) is 41.5 Å². The lowest BCUT2D eigenvalue weighted by Gasteiger charge is -2.36. The third kappa shape index (κ3) is 7.77. The first-order valence-electron chi connectivity index (χ1n) is 8.18. The number of hydrogen-bond donors (Lipinski definition) is 0. The summed E-state index contributed by atoms with van der Waals surface area (Å²) in [5.74, 6) is -0.846. The van der Waals surface area contributed by atoms with Crippen LogP contribution in [-0.4, -0.2) is 59.7 Å². The molecule has 0 spiro atoms. The Kier molecular flexibility index (Phi) is 6.77. The molecule has 7 heteroatoms. The Morgan fingerprint density at radius 2 is 1.62 bits per heavy atom.